The van der Waals surface area contributed by atoms with Crippen molar-refractivity contribution in [2.75, 3.05) is 5.75 Å². The molecule has 2 nitrogen and oxygen atoms in total. The van der Waals surface area contributed by atoms with E-state index in [1.54, 1.807) is 0 Å². The Labute approximate surface area is 86.1 Å². The Bertz CT molecular complexity index is 137. The molecule has 1 atom stereocenters. The largest absolute Gasteiger partial charge is 0.481 e. The zero-order valence-corrected chi connectivity index (χ0v) is 9.22. The van der Waals surface area contributed by atoms with Crippen LogP contribution in [0.15, 0.2) is 0 Å². The number of rotatable bonds is 8. The molecule has 0 rings (SSSR count). The Hall–Kier alpha value is -0.180. The molecule has 1 unspecified atom stereocenters. The minimum Gasteiger partial charge on any atom is -0.481 e. The Morgan fingerprint density at radius 2 is 2.00 bits per heavy atom. The smallest absolute Gasteiger partial charge is 0.303 e. The lowest BCUT2D eigenvalue weighted by atomic mass is 10.0. The van der Waals surface area contributed by atoms with E-state index in [2.05, 4.69) is 19.6 Å². The fourth-order valence-corrected chi connectivity index (χ4v) is 1.75. The van der Waals surface area contributed by atoms with Crippen molar-refractivity contribution in [3.63, 3.8) is 0 Å². The van der Waals surface area contributed by atoms with E-state index in [1.807, 2.05) is 0 Å². The normalized spacial score (nSPS) is 12.8. The Balaban J connectivity index is 3.11. The van der Waals surface area contributed by atoms with E-state index in [-0.39, 0.29) is 0 Å². The van der Waals surface area contributed by atoms with Gasteiger partial charge < -0.3 is 5.11 Å². The van der Waals surface area contributed by atoms with Crippen molar-refractivity contribution in [3.05, 3.63) is 0 Å². The van der Waals surface area contributed by atoms with E-state index < -0.39 is 5.97 Å². The third kappa shape index (κ3) is 9.74. The molecule has 0 aliphatic carbocycles. The third-order valence-corrected chi connectivity index (χ3v) is 2.47. The van der Waals surface area contributed by atoms with Gasteiger partial charge in [0.2, 0.25) is 0 Å². The number of hydrogen-bond acceptors (Lipinski definition) is 2. The van der Waals surface area contributed by atoms with Gasteiger partial charge in [-0.3, -0.25) is 4.79 Å². The van der Waals surface area contributed by atoms with E-state index in [4.69, 9.17) is 5.11 Å². The van der Waals surface area contributed by atoms with Crippen LogP contribution in [-0.2, 0) is 4.79 Å². The molecule has 0 radical (unpaired) electrons. The molecular weight excluding hydrogens is 184 g/mol. The molecule has 0 aromatic carbocycles. The first-order valence-corrected chi connectivity index (χ1v) is 5.62. The molecule has 0 aliphatic rings. The number of aliphatic carboxylic acids is 1. The molecule has 13 heavy (non-hydrogen) atoms. The number of hydrogen-bond donors (Lipinski definition) is 2. The molecule has 0 bridgehead atoms. The summed E-state index contributed by atoms with van der Waals surface area (Å²) in [5.41, 5.74) is 0. The molecule has 0 aliphatic heterocycles. The predicted molar refractivity (Wildman–Crippen MR) is 58.4 cm³/mol. The van der Waals surface area contributed by atoms with E-state index in [0.29, 0.717) is 6.42 Å². The zero-order chi connectivity index (χ0) is 10.1. The monoisotopic (exact) mass is 204 g/mol. The summed E-state index contributed by atoms with van der Waals surface area (Å²) in [5, 5.41) is 8.40. The molecule has 78 valence electrons. The summed E-state index contributed by atoms with van der Waals surface area (Å²) in [6.45, 7) is 2.23. The van der Waals surface area contributed by atoms with Gasteiger partial charge in [0.15, 0.2) is 0 Å². The lowest BCUT2D eigenvalue weighted by molar-refractivity contribution is -0.137. The molecule has 0 saturated heterocycles. The molecule has 0 saturated carbocycles. The predicted octanol–water partition coefficient (Wildman–Crippen LogP) is 2.98. The van der Waals surface area contributed by atoms with Crippen LogP contribution in [0, 0.1) is 5.92 Å². The Kier molecular flexibility index (Phi) is 8.30. The van der Waals surface area contributed by atoms with Gasteiger partial charge in [0.1, 0.15) is 0 Å². The maximum Gasteiger partial charge on any atom is 0.303 e. The summed E-state index contributed by atoms with van der Waals surface area (Å²) in [7, 11) is 0. The fourth-order valence-electron chi connectivity index (χ4n) is 1.31. The summed E-state index contributed by atoms with van der Waals surface area (Å²) >= 11 is 4.17. The van der Waals surface area contributed by atoms with Crippen LogP contribution in [0.3, 0.4) is 0 Å². The molecule has 0 aromatic rings. The molecule has 0 amide bonds. The summed E-state index contributed by atoms with van der Waals surface area (Å²) in [4.78, 5) is 10.2. The van der Waals surface area contributed by atoms with Crippen molar-refractivity contribution in [1.29, 1.82) is 0 Å². The summed E-state index contributed by atoms with van der Waals surface area (Å²) in [5.74, 6) is 1.02. The first kappa shape index (κ1) is 12.8. The molecule has 0 aromatic heterocycles. The highest BCUT2D eigenvalue weighted by atomic mass is 32.1. The van der Waals surface area contributed by atoms with E-state index in [0.717, 1.165) is 30.9 Å². The maximum absolute atomic E-state index is 10.2. The lowest BCUT2D eigenvalue weighted by Crippen LogP contribution is -1.97. The van der Waals surface area contributed by atoms with E-state index in [9.17, 15) is 4.79 Å². The number of carboxylic acid groups (broad SMARTS) is 1. The number of carbonyl (C=O) groups is 1. The second-order valence-electron chi connectivity index (χ2n) is 3.61. The van der Waals surface area contributed by atoms with Gasteiger partial charge in [0.05, 0.1) is 0 Å². The summed E-state index contributed by atoms with van der Waals surface area (Å²) < 4.78 is 0. The van der Waals surface area contributed by atoms with Crippen LogP contribution in [0.25, 0.3) is 0 Å². The van der Waals surface area contributed by atoms with Crippen LogP contribution in [0.5, 0.6) is 0 Å². The second kappa shape index (κ2) is 8.42. The molecule has 0 fully saturated rings. The highest BCUT2D eigenvalue weighted by molar-refractivity contribution is 7.80. The van der Waals surface area contributed by atoms with Gasteiger partial charge in [0.25, 0.3) is 0 Å². The fraction of sp³-hybridized carbons (Fsp3) is 0.900. The highest BCUT2D eigenvalue weighted by Gasteiger charge is 2.01. The van der Waals surface area contributed by atoms with Crippen LogP contribution in [0.2, 0.25) is 0 Å². The number of unbranched alkanes of at least 4 members (excludes halogenated alkanes) is 2. The maximum atomic E-state index is 10.2. The van der Waals surface area contributed by atoms with Crippen LogP contribution >= 0.6 is 12.6 Å². The van der Waals surface area contributed by atoms with Gasteiger partial charge in [-0.1, -0.05) is 26.2 Å². The van der Waals surface area contributed by atoms with Crippen molar-refractivity contribution in [2.45, 2.75) is 45.4 Å². The van der Waals surface area contributed by atoms with Gasteiger partial charge in [-0.05, 0) is 24.5 Å². The van der Waals surface area contributed by atoms with Crippen LogP contribution in [-0.4, -0.2) is 16.8 Å². The summed E-state index contributed by atoms with van der Waals surface area (Å²) in [6, 6.07) is 0. The van der Waals surface area contributed by atoms with Crippen molar-refractivity contribution in [1.82, 2.24) is 0 Å². The zero-order valence-electron chi connectivity index (χ0n) is 8.33. The minimum atomic E-state index is -0.677. The standard InChI is InChI=1S/C10H20O2S/c1-9(7-8-13)5-3-2-4-6-10(11)12/h9,13H,2-8H2,1H3,(H,11,12). The van der Waals surface area contributed by atoms with Gasteiger partial charge in [0, 0.05) is 6.42 Å². The average molecular weight is 204 g/mol. The quantitative estimate of drug-likeness (QED) is 0.471. The van der Waals surface area contributed by atoms with Crippen LogP contribution in [0.4, 0.5) is 0 Å². The average Bonchev–Trinajstić information content (AvgIpc) is 2.03. The van der Waals surface area contributed by atoms with Crippen LogP contribution < -0.4 is 0 Å². The topological polar surface area (TPSA) is 37.3 Å². The third-order valence-electron chi connectivity index (χ3n) is 2.21. The second-order valence-corrected chi connectivity index (χ2v) is 4.06. The molecule has 3 heteroatoms. The van der Waals surface area contributed by atoms with Crippen molar-refractivity contribution in [2.24, 2.45) is 5.92 Å². The minimum absolute atomic E-state index is 0.320. The van der Waals surface area contributed by atoms with Gasteiger partial charge in [-0.2, -0.15) is 12.6 Å². The Morgan fingerprint density at radius 3 is 2.54 bits per heavy atom. The van der Waals surface area contributed by atoms with Crippen molar-refractivity contribution in [3.8, 4) is 0 Å². The number of thiol groups is 1. The Morgan fingerprint density at radius 1 is 1.31 bits per heavy atom. The molecule has 0 heterocycles. The van der Waals surface area contributed by atoms with Crippen molar-refractivity contribution < 1.29 is 9.90 Å². The van der Waals surface area contributed by atoms with Gasteiger partial charge in [-0.15, -0.1) is 0 Å². The molecule has 1 N–H and O–H groups in total. The van der Waals surface area contributed by atoms with E-state index in [1.165, 1.54) is 12.8 Å². The number of carboxylic acids is 1. The first-order valence-electron chi connectivity index (χ1n) is 4.99. The lowest BCUT2D eigenvalue weighted by Gasteiger charge is -2.08. The molecular formula is C10H20O2S. The van der Waals surface area contributed by atoms with E-state index >= 15 is 0 Å². The van der Waals surface area contributed by atoms with Crippen LogP contribution in [0.1, 0.15) is 45.4 Å². The first-order chi connectivity index (χ1) is 6.16. The van der Waals surface area contributed by atoms with Gasteiger partial charge >= 0.3 is 5.97 Å². The highest BCUT2D eigenvalue weighted by Crippen LogP contribution is 2.13. The van der Waals surface area contributed by atoms with Gasteiger partial charge in [-0.25, -0.2) is 0 Å². The summed E-state index contributed by atoms with van der Waals surface area (Å²) in [6.07, 6.45) is 5.72. The SMILES string of the molecule is CC(CCS)CCCCCC(=O)O. The molecule has 0 spiro atoms. The van der Waals surface area contributed by atoms with Crippen molar-refractivity contribution >= 4 is 18.6 Å².